The van der Waals surface area contributed by atoms with Gasteiger partial charge in [-0.15, -0.1) is 0 Å². The van der Waals surface area contributed by atoms with Crippen molar-refractivity contribution in [2.75, 3.05) is 19.0 Å². The first-order valence-corrected chi connectivity index (χ1v) is 9.00. The van der Waals surface area contributed by atoms with Gasteiger partial charge in [-0.2, -0.15) is 5.10 Å². The van der Waals surface area contributed by atoms with Crippen molar-refractivity contribution in [3.05, 3.63) is 24.2 Å². The van der Waals surface area contributed by atoms with Crippen LogP contribution in [0.1, 0.15) is 51.3 Å². The molecule has 3 rings (SSSR count). The average Bonchev–Trinajstić information content (AvgIpc) is 3.27. The van der Waals surface area contributed by atoms with Gasteiger partial charge in [0.05, 0.1) is 17.7 Å². The molecule has 2 unspecified atom stereocenters. The number of rotatable bonds is 7. The van der Waals surface area contributed by atoms with Crippen LogP contribution >= 0.6 is 0 Å². The van der Waals surface area contributed by atoms with E-state index < -0.39 is 0 Å². The number of hydrogen-bond acceptors (Lipinski definition) is 6. The lowest BCUT2D eigenvalue weighted by atomic mass is 10.0. The maximum Gasteiger partial charge on any atom is 0.308 e. The third-order valence-corrected chi connectivity index (χ3v) is 4.89. The number of carbonyl (C=O) groups is 1. The van der Waals surface area contributed by atoms with E-state index in [1.165, 1.54) is 6.33 Å². The van der Waals surface area contributed by atoms with Gasteiger partial charge in [0.15, 0.2) is 5.82 Å². The van der Waals surface area contributed by atoms with E-state index in [4.69, 9.17) is 9.47 Å². The fraction of sp³-hybridized carbons (Fsp3) is 0.611. The molecule has 1 N–H and O–H groups in total. The number of hydrogen-bond donors (Lipinski definition) is 1. The number of ether oxygens (including phenoxy) is 2. The molecule has 1 aliphatic rings. The normalized spacial score (nSPS) is 20.3. The number of carbonyl (C=O) groups excluding carboxylic acids is 1. The Kier molecular flexibility index (Phi) is 5.53. The SMILES string of the molecule is CCC(CC)C(=O)OCC1CCC(c2ccc3c(NC)ncnn23)O1. The van der Waals surface area contributed by atoms with Crippen molar-refractivity contribution in [3.8, 4) is 0 Å². The Labute approximate surface area is 147 Å². The van der Waals surface area contributed by atoms with E-state index in [0.29, 0.717) is 6.61 Å². The second-order valence-electron chi connectivity index (χ2n) is 6.38. The van der Waals surface area contributed by atoms with Gasteiger partial charge in [-0.1, -0.05) is 13.8 Å². The smallest absolute Gasteiger partial charge is 0.308 e. The first kappa shape index (κ1) is 17.7. The molecule has 1 fully saturated rings. The Balaban J connectivity index is 1.63. The van der Waals surface area contributed by atoms with Gasteiger partial charge < -0.3 is 14.8 Å². The van der Waals surface area contributed by atoms with E-state index in [2.05, 4.69) is 15.4 Å². The summed E-state index contributed by atoms with van der Waals surface area (Å²) in [7, 11) is 1.84. The van der Waals surface area contributed by atoms with Crippen molar-refractivity contribution < 1.29 is 14.3 Å². The molecule has 0 aromatic carbocycles. The van der Waals surface area contributed by atoms with Crippen LogP contribution in [0.4, 0.5) is 5.82 Å². The largest absolute Gasteiger partial charge is 0.463 e. The Morgan fingerprint density at radius 1 is 1.40 bits per heavy atom. The summed E-state index contributed by atoms with van der Waals surface area (Å²) in [5.74, 6) is 0.662. The van der Waals surface area contributed by atoms with Gasteiger partial charge in [-0.25, -0.2) is 9.50 Å². The van der Waals surface area contributed by atoms with Crippen LogP contribution in [0.3, 0.4) is 0 Å². The van der Waals surface area contributed by atoms with Gasteiger partial charge in [0.1, 0.15) is 24.6 Å². The third-order valence-electron chi connectivity index (χ3n) is 4.89. The zero-order chi connectivity index (χ0) is 17.8. The van der Waals surface area contributed by atoms with Crippen molar-refractivity contribution in [2.24, 2.45) is 5.92 Å². The topological polar surface area (TPSA) is 77.8 Å². The van der Waals surface area contributed by atoms with Gasteiger partial charge in [0.25, 0.3) is 0 Å². The van der Waals surface area contributed by atoms with Gasteiger partial charge in [-0.3, -0.25) is 4.79 Å². The molecule has 1 saturated heterocycles. The Morgan fingerprint density at radius 3 is 2.92 bits per heavy atom. The van der Waals surface area contributed by atoms with Crippen molar-refractivity contribution in [2.45, 2.75) is 51.7 Å². The molecule has 0 radical (unpaired) electrons. The average molecular weight is 346 g/mol. The minimum atomic E-state index is -0.114. The molecule has 25 heavy (non-hydrogen) atoms. The van der Waals surface area contributed by atoms with Crippen molar-refractivity contribution in [1.29, 1.82) is 0 Å². The molecular formula is C18H26N4O3. The molecule has 7 heteroatoms. The maximum atomic E-state index is 12.0. The molecule has 0 spiro atoms. The van der Waals surface area contributed by atoms with Crippen LogP contribution < -0.4 is 5.32 Å². The van der Waals surface area contributed by atoms with E-state index in [1.807, 2.05) is 37.5 Å². The lowest BCUT2D eigenvalue weighted by Gasteiger charge is -2.16. The first-order valence-electron chi connectivity index (χ1n) is 9.00. The zero-order valence-electron chi connectivity index (χ0n) is 15.1. The molecule has 0 bridgehead atoms. The summed E-state index contributed by atoms with van der Waals surface area (Å²) >= 11 is 0. The summed E-state index contributed by atoms with van der Waals surface area (Å²) < 4.78 is 13.4. The van der Waals surface area contributed by atoms with Gasteiger partial charge in [-0.05, 0) is 37.8 Å². The van der Waals surface area contributed by atoms with Crippen LogP contribution in [0.2, 0.25) is 0 Å². The highest BCUT2D eigenvalue weighted by atomic mass is 16.6. The molecule has 1 aliphatic heterocycles. The van der Waals surface area contributed by atoms with E-state index >= 15 is 0 Å². The fourth-order valence-electron chi connectivity index (χ4n) is 3.35. The minimum Gasteiger partial charge on any atom is -0.463 e. The molecule has 3 heterocycles. The number of nitrogens with one attached hydrogen (secondary N) is 1. The standard InChI is InChI=1S/C18H26N4O3/c1-4-12(5-2)18(23)24-10-13-6-9-16(25-13)14-7-8-15-17(19-3)20-11-21-22(14)15/h7-8,11-13,16H,4-6,9-10H2,1-3H3,(H,19,20,21). The molecule has 0 aliphatic carbocycles. The summed E-state index contributed by atoms with van der Waals surface area (Å²) in [5.41, 5.74) is 1.93. The monoisotopic (exact) mass is 346 g/mol. The van der Waals surface area contributed by atoms with Crippen LogP contribution in [-0.2, 0) is 14.3 Å². The van der Waals surface area contributed by atoms with Crippen molar-refractivity contribution in [1.82, 2.24) is 14.6 Å². The van der Waals surface area contributed by atoms with Gasteiger partial charge >= 0.3 is 5.97 Å². The van der Waals surface area contributed by atoms with Crippen LogP contribution in [0.15, 0.2) is 18.5 Å². The van der Waals surface area contributed by atoms with E-state index in [-0.39, 0.29) is 24.1 Å². The van der Waals surface area contributed by atoms with E-state index in [0.717, 1.165) is 42.7 Å². The molecular weight excluding hydrogens is 320 g/mol. The lowest BCUT2D eigenvalue weighted by Crippen LogP contribution is -2.23. The van der Waals surface area contributed by atoms with Crippen molar-refractivity contribution in [3.63, 3.8) is 0 Å². The van der Waals surface area contributed by atoms with E-state index in [9.17, 15) is 4.79 Å². The highest BCUT2D eigenvalue weighted by molar-refractivity contribution is 5.72. The Morgan fingerprint density at radius 2 is 2.20 bits per heavy atom. The second kappa shape index (κ2) is 7.82. The van der Waals surface area contributed by atoms with Crippen molar-refractivity contribution >= 4 is 17.3 Å². The molecule has 136 valence electrons. The fourth-order valence-corrected chi connectivity index (χ4v) is 3.35. The maximum absolute atomic E-state index is 12.0. The van der Waals surface area contributed by atoms with E-state index in [1.54, 1.807) is 0 Å². The van der Waals surface area contributed by atoms with Gasteiger partial charge in [0.2, 0.25) is 0 Å². The first-order chi connectivity index (χ1) is 12.2. The number of anilines is 1. The molecule has 0 saturated carbocycles. The molecule has 2 aromatic heterocycles. The number of fused-ring (bicyclic) bond motifs is 1. The number of aromatic nitrogens is 3. The zero-order valence-corrected chi connectivity index (χ0v) is 15.1. The predicted molar refractivity (Wildman–Crippen MR) is 94.4 cm³/mol. The lowest BCUT2D eigenvalue weighted by molar-refractivity contribution is -0.152. The quantitative estimate of drug-likeness (QED) is 0.777. The van der Waals surface area contributed by atoms with Crippen LogP contribution in [0, 0.1) is 5.92 Å². The summed E-state index contributed by atoms with van der Waals surface area (Å²) in [6, 6.07) is 4.01. The van der Waals surface area contributed by atoms with Gasteiger partial charge in [0, 0.05) is 7.05 Å². The highest BCUT2D eigenvalue weighted by Crippen LogP contribution is 2.34. The summed E-state index contributed by atoms with van der Waals surface area (Å²) in [5, 5.41) is 7.41. The minimum absolute atomic E-state index is 0.0107. The molecule has 0 amide bonds. The molecule has 2 aromatic rings. The summed E-state index contributed by atoms with van der Waals surface area (Å²) in [6.45, 7) is 4.35. The van der Waals surface area contributed by atoms with Crippen LogP contribution in [0.25, 0.3) is 5.52 Å². The Hall–Kier alpha value is -2.15. The number of nitrogens with zero attached hydrogens (tertiary/aromatic N) is 3. The predicted octanol–water partition coefficient (Wildman–Crippen LogP) is 2.97. The van der Waals surface area contributed by atoms with Crippen LogP contribution in [0.5, 0.6) is 0 Å². The number of esters is 1. The molecule has 7 nitrogen and oxygen atoms in total. The summed E-state index contributed by atoms with van der Waals surface area (Å²) in [6.07, 6.45) is 4.82. The third kappa shape index (κ3) is 3.61. The second-order valence-corrected chi connectivity index (χ2v) is 6.38. The van der Waals surface area contributed by atoms with Crippen LogP contribution in [-0.4, -0.2) is 40.3 Å². The highest BCUT2D eigenvalue weighted by Gasteiger charge is 2.30. The molecule has 2 atom stereocenters. The summed E-state index contributed by atoms with van der Waals surface area (Å²) in [4.78, 5) is 16.2. The Bertz CT molecular complexity index is 726.